The summed E-state index contributed by atoms with van der Waals surface area (Å²) in [5.41, 5.74) is 0. The van der Waals surface area contributed by atoms with Crippen molar-refractivity contribution < 1.29 is 13.5 Å². The van der Waals surface area contributed by atoms with E-state index in [0.29, 0.717) is 24.7 Å². The van der Waals surface area contributed by atoms with Crippen LogP contribution in [0.15, 0.2) is 4.52 Å². The molecule has 0 aliphatic heterocycles. The number of carbonyl (C=O) groups excluding carboxylic acids is 1. The van der Waals surface area contributed by atoms with Crippen LogP contribution in [0.2, 0.25) is 0 Å². The fourth-order valence-corrected chi connectivity index (χ4v) is 2.37. The predicted octanol–water partition coefficient (Wildman–Crippen LogP) is 1.19. The standard InChI is InChI=1S/C12H21N3O3S/c1-4-6-11-14-10(15-18-11)8-19(17)9(3)12(16)13-7-5-2/h9H,4-8H2,1-3H3,(H,13,16). The summed E-state index contributed by atoms with van der Waals surface area (Å²) in [6, 6.07) is 0. The van der Waals surface area contributed by atoms with Crippen LogP contribution in [0, 0.1) is 0 Å². The number of amides is 1. The Kier molecular flexibility index (Phi) is 6.69. The third kappa shape index (κ3) is 5.10. The number of nitrogens with zero attached hydrogens (tertiary/aromatic N) is 2. The van der Waals surface area contributed by atoms with E-state index in [1.165, 1.54) is 0 Å². The van der Waals surface area contributed by atoms with Crippen LogP contribution in [0.25, 0.3) is 0 Å². The Morgan fingerprint density at radius 3 is 2.79 bits per heavy atom. The number of nitrogens with one attached hydrogen (secondary N) is 1. The molecule has 2 unspecified atom stereocenters. The number of hydrogen-bond acceptors (Lipinski definition) is 5. The molecule has 0 aliphatic rings. The molecule has 0 bridgehead atoms. The van der Waals surface area contributed by atoms with Gasteiger partial charge in [0, 0.05) is 23.8 Å². The largest absolute Gasteiger partial charge is 0.355 e. The fourth-order valence-electron chi connectivity index (χ4n) is 1.43. The molecule has 1 amide bonds. The lowest BCUT2D eigenvalue weighted by atomic mass is 10.3. The fraction of sp³-hybridized carbons (Fsp3) is 0.750. The van der Waals surface area contributed by atoms with Crippen molar-refractivity contribution in [3.05, 3.63) is 11.7 Å². The average molecular weight is 287 g/mol. The molecule has 1 aromatic rings. The molecule has 0 saturated carbocycles. The van der Waals surface area contributed by atoms with Crippen LogP contribution < -0.4 is 5.32 Å². The lowest BCUT2D eigenvalue weighted by molar-refractivity contribution is -0.120. The summed E-state index contributed by atoms with van der Waals surface area (Å²) in [7, 11) is -1.34. The van der Waals surface area contributed by atoms with Gasteiger partial charge < -0.3 is 9.84 Å². The minimum absolute atomic E-state index is 0.147. The van der Waals surface area contributed by atoms with Gasteiger partial charge in [-0.15, -0.1) is 0 Å². The Balaban J connectivity index is 2.50. The summed E-state index contributed by atoms with van der Waals surface area (Å²) in [4.78, 5) is 15.8. The van der Waals surface area contributed by atoms with Crippen molar-refractivity contribution in [2.75, 3.05) is 6.54 Å². The van der Waals surface area contributed by atoms with Gasteiger partial charge in [0.05, 0.1) is 5.75 Å². The zero-order valence-corrected chi connectivity index (χ0v) is 12.5. The SMILES string of the molecule is CCCNC(=O)C(C)S(=O)Cc1noc(CCC)n1. The topological polar surface area (TPSA) is 85.1 Å². The number of carbonyl (C=O) groups is 1. The molecule has 19 heavy (non-hydrogen) atoms. The monoisotopic (exact) mass is 287 g/mol. The van der Waals surface area contributed by atoms with E-state index < -0.39 is 16.0 Å². The molecular formula is C12H21N3O3S. The smallest absolute Gasteiger partial charge is 0.235 e. The van der Waals surface area contributed by atoms with E-state index in [0.717, 1.165) is 12.8 Å². The summed E-state index contributed by atoms with van der Waals surface area (Å²) in [5, 5.41) is 5.93. The Morgan fingerprint density at radius 1 is 1.42 bits per heavy atom. The number of aromatic nitrogens is 2. The molecule has 1 heterocycles. The second kappa shape index (κ2) is 8.04. The summed E-state index contributed by atoms with van der Waals surface area (Å²) in [6.07, 6.45) is 2.49. The zero-order chi connectivity index (χ0) is 14.3. The minimum atomic E-state index is -1.34. The molecule has 0 saturated heterocycles. The lowest BCUT2D eigenvalue weighted by Crippen LogP contribution is -2.36. The Bertz CT molecular complexity index is 434. The van der Waals surface area contributed by atoms with E-state index >= 15 is 0 Å². The first-order valence-electron chi connectivity index (χ1n) is 6.54. The highest BCUT2D eigenvalue weighted by Gasteiger charge is 2.21. The van der Waals surface area contributed by atoms with E-state index in [-0.39, 0.29) is 11.7 Å². The third-order valence-corrected chi connectivity index (χ3v) is 4.10. The first-order chi connectivity index (χ1) is 9.08. The Labute approximate surface area is 115 Å². The maximum atomic E-state index is 12.0. The third-order valence-electron chi connectivity index (χ3n) is 2.56. The van der Waals surface area contributed by atoms with E-state index in [4.69, 9.17) is 4.52 Å². The first kappa shape index (κ1) is 15.8. The lowest BCUT2D eigenvalue weighted by Gasteiger charge is -2.10. The second-order valence-electron chi connectivity index (χ2n) is 4.31. The van der Waals surface area contributed by atoms with E-state index in [2.05, 4.69) is 15.5 Å². The zero-order valence-electron chi connectivity index (χ0n) is 11.6. The van der Waals surface area contributed by atoms with Crippen molar-refractivity contribution >= 4 is 16.7 Å². The van der Waals surface area contributed by atoms with Crippen molar-refractivity contribution in [1.82, 2.24) is 15.5 Å². The van der Waals surface area contributed by atoms with E-state index in [1.807, 2.05) is 13.8 Å². The molecule has 6 nitrogen and oxygen atoms in total. The highest BCUT2D eigenvalue weighted by Crippen LogP contribution is 2.06. The average Bonchev–Trinajstić information content (AvgIpc) is 2.82. The van der Waals surface area contributed by atoms with Crippen LogP contribution in [-0.2, 0) is 27.8 Å². The maximum Gasteiger partial charge on any atom is 0.235 e. The van der Waals surface area contributed by atoms with Crippen LogP contribution in [-0.4, -0.2) is 32.1 Å². The van der Waals surface area contributed by atoms with Gasteiger partial charge in [0.25, 0.3) is 0 Å². The highest BCUT2D eigenvalue weighted by molar-refractivity contribution is 7.85. The minimum Gasteiger partial charge on any atom is -0.355 e. The number of aryl methyl sites for hydroxylation is 1. The van der Waals surface area contributed by atoms with Crippen molar-refractivity contribution in [1.29, 1.82) is 0 Å². The van der Waals surface area contributed by atoms with Gasteiger partial charge in [-0.2, -0.15) is 4.98 Å². The van der Waals surface area contributed by atoms with Crippen LogP contribution in [0.4, 0.5) is 0 Å². The van der Waals surface area contributed by atoms with Crippen molar-refractivity contribution in [2.24, 2.45) is 0 Å². The number of rotatable bonds is 8. The van der Waals surface area contributed by atoms with Crippen molar-refractivity contribution in [2.45, 2.75) is 51.0 Å². The molecule has 0 fully saturated rings. The molecule has 108 valence electrons. The van der Waals surface area contributed by atoms with E-state index in [1.54, 1.807) is 6.92 Å². The Morgan fingerprint density at radius 2 is 2.16 bits per heavy atom. The van der Waals surface area contributed by atoms with Gasteiger partial charge in [0.15, 0.2) is 5.82 Å². The summed E-state index contributed by atoms with van der Waals surface area (Å²) in [5.74, 6) is 0.903. The molecule has 0 spiro atoms. The van der Waals surface area contributed by atoms with Gasteiger partial charge in [-0.25, -0.2) is 0 Å². The summed E-state index contributed by atoms with van der Waals surface area (Å²) < 4.78 is 17.0. The molecule has 7 heteroatoms. The van der Waals surface area contributed by atoms with Crippen molar-refractivity contribution in [3.63, 3.8) is 0 Å². The summed E-state index contributed by atoms with van der Waals surface area (Å²) in [6.45, 7) is 6.23. The molecule has 2 atom stereocenters. The molecule has 0 aromatic carbocycles. The van der Waals surface area contributed by atoms with Crippen LogP contribution >= 0.6 is 0 Å². The van der Waals surface area contributed by atoms with Gasteiger partial charge in [-0.1, -0.05) is 19.0 Å². The van der Waals surface area contributed by atoms with Gasteiger partial charge in [-0.3, -0.25) is 9.00 Å². The summed E-state index contributed by atoms with van der Waals surface area (Å²) >= 11 is 0. The quantitative estimate of drug-likeness (QED) is 0.776. The molecule has 0 aliphatic carbocycles. The Hall–Kier alpha value is -1.24. The van der Waals surface area contributed by atoms with Crippen LogP contribution in [0.5, 0.6) is 0 Å². The van der Waals surface area contributed by atoms with E-state index in [9.17, 15) is 9.00 Å². The molecule has 1 aromatic heterocycles. The molecule has 1 N–H and O–H groups in total. The normalized spacial score (nSPS) is 14.1. The van der Waals surface area contributed by atoms with Crippen molar-refractivity contribution in [3.8, 4) is 0 Å². The number of hydrogen-bond donors (Lipinski definition) is 1. The second-order valence-corrected chi connectivity index (χ2v) is 6.07. The first-order valence-corrected chi connectivity index (χ1v) is 7.93. The van der Waals surface area contributed by atoms with Crippen LogP contribution in [0.1, 0.15) is 45.3 Å². The predicted molar refractivity (Wildman–Crippen MR) is 72.9 cm³/mol. The molecule has 1 rings (SSSR count). The van der Waals surface area contributed by atoms with Gasteiger partial charge in [0.1, 0.15) is 5.25 Å². The van der Waals surface area contributed by atoms with Gasteiger partial charge >= 0.3 is 0 Å². The molecule has 0 radical (unpaired) electrons. The van der Waals surface area contributed by atoms with Crippen LogP contribution in [0.3, 0.4) is 0 Å². The maximum absolute atomic E-state index is 12.0. The van der Waals surface area contributed by atoms with Gasteiger partial charge in [-0.05, 0) is 19.8 Å². The highest BCUT2D eigenvalue weighted by atomic mass is 32.2. The molecular weight excluding hydrogens is 266 g/mol. The van der Waals surface area contributed by atoms with Gasteiger partial charge in [0.2, 0.25) is 11.8 Å².